The average molecular weight is 661 g/mol. The molecule has 0 aromatic rings. The first-order valence-electron chi connectivity index (χ1n) is 18.5. The zero-order chi connectivity index (χ0) is 33.1. The van der Waals surface area contributed by atoms with Gasteiger partial charge in [-0.3, -0.25) is 0 Å². The predicted molar refractivity (Wildman–Crippen MR) is 186 cm³/mol. The lowest BCUT2D eigenvalue weighted by atomic mass is 10.0. The van der Waals surface area contributed by atoms with Gasteiger partial charge in [-0.15, -0.1) is 6.42 Å². The summed E-state index contributed by atoms with van der Waals surface area (Å²) < 4.78 is 49.1. The molecule has 0 heterocycles. The minimum absolute atomic E-state index is 0.315. The van der Waals surface area contributed by atoms with Crippen LogP contribution < -0.4 is 0 Å². The summed E-state index contributed by atoms with van der Waals surface area (Å²) in [4.78, 5) is 0. The highest BCUT2D eigenvalue weighted by molar-refractivity contribution is 4.82. The molecular weight excluding hydrogens is 588 g/mol. The molecule has 0 aliphatic rings. The smallest absolute Gasteiger partial charge is 0.107 e. The lowest BCUT2D eigenvalue weighted by molar-refractivity contribution is -0.0246. The standard InChI is InChI=1S/C37H72O9/c1-3-5-6-7-8-9-10-11-12-13-14-15-16-17-18-19-21-39-23-25-41-27-29-43-31-33-45-35-37-46-36-34-44-32-30-42-28-26-40-24-22-38-20-4-2/h2H,3,5-37H2,1H3. The van der Waals surface area contributed by atoms with E-state index in [0.717, 1.165) is 13.0 Å². The van der Waals surface area contributed by atoms with Crippen LogP contribution in [0.5, 0.6) is 0 Å². The summed E-state index contributed by atoms with van der Waals surface area (Å²) in [5.41, 5.74) is 0. The van der Waals surface area contributed by atoms with Crippen molar-refractivity contribution in [3.8, 4) is 12.3 Å². The van der Waals surface area contributed by atoms with Gasteiger partial charge in [-0.1, -0.05) is 109 Å². The van der Waals surface area contributed by atoms with Gasteiger partial charge in [0.15, 0.2) is 0 Å². The third-order valence-corrected chi connectivity index (χ3v) is 7.30. The van der Waals surface area contributed by atoms with Crippen molar-refractivity contribution in [1.82, 2.24) is 0 Å². The van der Waals surface area contributed by atoms with Crippen LogP contribution in [-0.2, 0) is 42.6 Å². The molecule has 0 rings (SSSR count). The molecule has 0 saturated heterocycles. The van der Waals surface area contributed by atoms with Crippen molar-refractivity contribution in [1.29, 1.82) is 0 Å². The zero-order valence-corrected chi connectivity index (χ0v) is 29.8. The lowest BCUT2D eigenvalue weighted by Gasteiger charge is -2.09. The lowest BCUT2D eigenvalue weighted by Crippen LogP contribution is -2.15. The summed E-state index contributed by atoms with van der Waals surface area (Å²) >= 11 is 0. The fourth-order valence-corrected chi connectivity index (χ4v) is 4.64. The van der Waals surface area contributed by atoms with E-state index in [1.165, 1.54) is 96.3 Å². The molecule has 0 saturated carbocycles. The van der Waals surface area contributed by atoms with Crippen LogP contribution in [0.3, 0.4) is 0 Å². The van der Waals surface area contributed by atoms with E-state index in [0.29, 0.717) is 112 Å². The predicted octanol–water partition coefficient (Wildman–Crippen LogP) is 7.03. The SMILES string of the molecule is C#CCOCCOCCOCCOCCOCCOCCOCCOCCOCCCCCCCCCCCCCCCCCC. The average Bonchev–Trinajstić information content (AvgIpc) is 3.07. The topological polar surface area (TPSA) is 83.1 Å². The Hall–Kier alpha value is -0.800. The summed E-state index contributed by atoms with van der Waals surface area (Å²) in [6.07, 6.45) is 27.3. The maximum absolute atomic E-state index is 5.68. The molecule has 0 aliphatic heterocycles. The number of hydrogen-bond donors (Lipinski definition) is 0. The van der Waals surface area contributed by atoms with E-state index in [-0.39, 0.29) is 0 Å². The van der Waals surface area contributed by atoms with E-state index in [2.05, 4.69) is 12.8 Å². The molecule has 0 fully saturated rings. The number of unbranched alkanes of at least 4 members (excludes halogenated alkanes) is 15. The van der Waals surface area contributed by atoms with Gasteiger partial charge in [0, 0.05) is 6.61 Å². The van der Waals surface area contributed by atoms with Crippen LogP contribution in [0.2, 0.25) is 0 Å². The van der Waals surface area contributed by atoms with Gasteiger partial charge in [0.05, 0.1) is 106 Å². The Balaban J connectivity index is 3.03. The molecule has 0 aromatic carbocycles. The molecule has 0 aromatic heterocycles. The molecule has 9 nitrogen and oxygen atoms in total. The van der Waals surface area contributed by atoms with Gasteiger partial charge in [-0.25, -0.2) is 0 Å². The van der Waals surface area contributed by atoms with Crippen molar-refractivity contribution in [2.45, 2.75) is 110 Å². The van der Waals surface area contributed by atoms with Crippen LogP contribution in [0, 0.1) is 12.3 Å². The second kappa shape index (κ2) is 44.2. The van der Waals surface area contributed by atoms with Crippen LogP contribution >= 0.6 is 0 Å². The summed E-state index contributed by atoms with van der Waals surface area (Å²) in [7, 11) is 0. The molecule has 274 valence electrons. The highest BCUT2D eigenvalue weighted by Gasteiger charge is 1.97. The van der Waals surface area contributed by atoms with Gasteiger partial charge in [0.1, 0.15) is 6.61 Å². The molecule has 9 heteroatoms. The third-order valence-electron chi connectivity index (χ3n) is 7.30. The van der Waals surface area contributed by atoms with E-state index in [1.54, 1.807) is 0 Å². The zero-order valence-electron chi connectivity index (χ0n) is 29.8. The molecule has 0 atom stereocenters. The van der Waals surface area contributed by atoms with E-state index in [9.17, 15) is 0 Å². The van der Waals surface area contributed by atoms with Crippen LogP contribution in [0.25, 0.3) is 0 Å². The Labute approximate surface area is 283 Å². The van der Waals surface area contributed by atoms with Crippen molar-refractivity contribution in [3.63, 3.8) is 0 Å². The summed E-state index contributed by atoms with van der Waals surface area (Å²) in [6.45, 7) is 12.2. The first kappa shape index (κ1) is 45.2. The number of terminal acetylenes is 1. The quantitative estimate of drug-likeness (QED) is 0.0506. The monoisotopic (exact) mass is 661 g/mol. The molecule has 0 bridgehead atoms. The van der Waals surface area contributed by atoms with Crippen molar-refractivity contribution >= 4 is 0 Å². The van der Waals surface area contributed by atoms with Crippen molar-refractivity contribution < 1.29 is 42.6 Å². The largest absolute Gasteiger partial charge is 0.379 e. The van der Waals surface area contributed by atoms with Gasteiger partial charge >= 0.3 is 0 Å². The summed E-state index contributed by atoms with van der Waals surface area (Å²) in [6, 6.07) is 0. The molecule has 0 spiro atoms. The van der Waals surface area contributed by atoms with Crippen molar-refractivity contribution in [3.05, 3.63) is 0 Å². The van der Waals surface area contributed by atoms with Crippen LogP contribution in [0.1, 0.15) is 110 Å². The Morgan fingerprint density at radius 2 is 0.500 bits per heavy atom. The minimum Gasteiger partial charge on any atom is -0.379 e. The van der Waals surface area contributed by atoms with E-state index < -0.39 is 0 Å². The second-order valence-corrected chi connectivity index (χ2v) is 11.5. The molecule has 0 N–H and O–H groups in total. The van der Waals surface area contributed by atoms with Gasteiger partial charge < -0.3 is 42.6 Å². The molecule has 0 radical (unpaired) electrons. The normalized spacial score (nSPS) is 11.4. The van der Waals surface area contributed by atoms with Gasteiger partial charge in [0.25, 0.3) is 0 Å². The second-order valence-electron chi connectivity index (χ2n) is 11.5. The van der Waals surface area contributed by atoms with Crippen molar-refractivity contribution in [2.75, 3.05) is 119 Å². The van der Waals surface area contributed by atoms with E-state index in [4.69, 9.17) is 49.1 Å². The van der Waals surface area contributed by atoms with E-state index in [1.807, 2.05) is 0 Å². The third kappa shape index (κ3) is 43.2. The maximum atomic E-state index is 5.68. The summed E-state index contributed by atoms with van der Waals surface area (Å²) in [5, 5.41) is 0. The van der Waals surface area contributed by atoms with Gasteiger partial charge in [-0.05, 0) is 6.42 Å². The Morgan fingerprint density at radius 3 is 0.761 bits per heavy atom. The Morgan fingerprint density at radius 1 is 0.283 bits per heavy atom. The minimum atomic E-state index is 0.315. The number of rotatable bonds is 42. The molecule has 0 unspecified atom stereocenters. The number of ether oxygens (including phenoxy) is 9. The molecule has 0 amide bonds. The number of hydrogen-bond acceptors (Lipinski definition) is 9. The summed E-state index contributed by atoms with van der Waals surface area (Å²) in [5.74, 6) is 2.41. The highest BCUT2D eigenvalue weighted by atomic mass is 16.6. The Bertz CT molecular complexity index is 574. The fraction of sp³-hybridized carbons (Fsp3) is 0.946. The molecular formula is C37H72O9. The van der Waals surface area contributed by atoms with Crippen LogP contribution in [-0.4, -0.2) is 119 Å². The van der Waals surface area contributed by atoms with Crippen LogP contribution in [0.15, 0.2) is 0 Å². The van der Waals surface area contributed by atoms with E-state index >= 15 is 0 Å². The van der Waals surface area contributed by atoms with Crippen molar-refractivity contribution in [2.24, 2.45) is 0 Å². The first-order valence-corrected chi connectivity index (χ1v) is 18.5. The maximum Gasteiger partial charge on any atom is 0.107 e. The fourth-order valence-electron chi connectivity index (χ4n) is 4.64. The van der Waals surface area contributed by atoms with Gasteiger partial charge in [-0.2, -0.15) is 0 Å². The molecule has 0 aliphatic carbocycles. The first-order chi connectivity index (χ1) is 22.9. The Kier molecular flexibility index (Phi) is 43.4. The van der Waals surface area contributed by atoms with Gasteiger partial charge in [0.2, 0.25) is 0 Å². The highest BCUT2D eigenvalue weighted by Crippen LogP contribution is 2.13. The molecule has 46 heavy (non-hydrogen) atoms. The van der Waals surface area contributed by atoms with Crippen LogP contribution in [0.4, 0.5) is 0 Å².